The van der Waals surface area contributed by atoms with Crippen LogP contribution in [0.5, 0.6) is 0 Å². The number of hydrogen-bond acceptors (Lipinski definition) is 5. The molecule has 0 radical (unpaired) electrons. The van der Waals surface area contributed by atoms with Gasteiger partial charge in [-0.15, -0.1) is 12.4 Å². The fraction of sp³-hybridized carbons (Fsp3) is 0.300. The molecule has 27 heavy (non-hydrogen) atoms. The molecule has 3 rings (SSSR count). The summed E-state index contributed by atoms with van der Waals surface area (Å²) in [5, 5.41) is 3.28. The quantitative estimate of drug-likeness (QED) is 0.722. The summed E-state index contributed by atoms with van der Waals surface area (Å²) in [4.78, 5) is 26.7. The number of nitrogens with one attached hydrogen (secondary N) is 1. The summed E-state index contributed by atoms with van der Waals surface area (Å²) in [5.41, 5.74) is 1.13. The van der Waals surface area contributed by atoms with Gasteiger partial charge in [-0.05, 0) is 57.8 Å². The zero-order valence-electron chi connectivity index (χ0n) is 15.7. The van der Waals surface area contributed by atoms with Crippen LogP contribution in [0.3, 0.4) is 0 Å². The normalized spacial score (nSPS) is 12.0. The molecule has 1 atom stereocenters. The van der Waals surface area contributed by atoms with Crippen LogP contribution in [0.2, 0.25) is 0 Å². The first-order chi connectivity index (χ1) is 12.3. The van der Waals surface area contributed by atoms with Gasteiger partial charge in [-0.1, -0.05) is 6.07 Å². The van der Waals surface area contributed by atoms with Crippen molar-refractivity contribution in [3.8, 4) is 0 Å². The lowest BCUT2D eigenvalue weighted by molar-refractivity contribution is 0.0911. The van der Waals surface area contributed by atoms with Gasteiger partial charge >= 0.3 is 0 Å². The number of rotatable bonds is 5. The average Bonchev–Trinajstić information content (AvgIpc) is 3.00. The van der Waals surface area contributed by atoms with Gasteiger partial charge in [0.25, 0.3) is 5.91 Å². The third-order valence-electron chi connectivity index (χ3n) is 4.28. The molecule has 0 spiro atoms. The van der Waals surface area contributed by atoms with E-state index in [0.717, 1.165) is 17.1 Å². The standard InChI is InChI=1S/C20H22N2O4.ClH/c1-12-5-7-14-16(23)10-19(26-18(14)9-12)20(24)21-11-15(22(3)4)17-8-6-13(2)25-17;/h5-10,15H,11H2,1-4H3,(H,21,24);1H. The van der Waals surface area contributed by atoms with E-state index in [4.69, 9.17) is 8.83 Å². The van der Waals surface area contributed by atoms with Crippen molar-refractivity contribution in [2.75, 3.05) is 20.6 Å². The highest BCUT2D eigenvalue weighted by Gasteiger charge is 2.20. The van der Waals surface area contributed by atoms with E-state index in [0.29, 0.717) is 17.5 Å². The second-order valence-corrected chi connectivity index (χ2v) is 6.61. The van der Waals surface area contributed by atoms with Crippen molar-refractivity contribution in [3.63, 3.8) is 0 Å². The number of benzene rings is 1. The molecular weight excluding hydrogens is 368 g/mol. The highest BCUT2D eigenvalue weighted by Crippen LogP contribution is 2.20. The van der Waals surface area contributed by atoms with Crippen LogP contribution in [0.15, 0.2) is 50.0 Å². The van der Waals surface area contributed by atoms with Crippen LogP contribution in [0.25, 0.3) is 11.0 Å². The Kier molecular flexibility index (Phi) is 6.46. The summed E-state index contributed by atoms with van der Waals surface area (Å²) in [6, 6.07) is 10.2. The Bertz CT molecular complexity index is 1010. The highest BCUT2D eigenvalue weighted by molar-refractivity contribution is 5.93. The molecular formula is C20H23ClN2O4. The number of carbonyl (C=O) groups is 1. The molecule has 0 saturated carbocycles. The number of carbonyl (C=O) groups excluding carboxylic acids is 1. The molecule has 7 heteroatoms. The Hall–Kier alpha value is -2.57. The molecule has 1 unspecified atom stereocenters. The number of nitrogens with zero attached hydrogens (tertiary/aromatic N) is 1. The predicted molar refractivity (Wildman–Crippen MR) is 107 cm³/mol. The molecule has 1 aromatic carbocycles. The Morgan fingerprint density at radius 2 is 1.85 bits per heavy atom. The lowest BCUT2D eigenvalue weighted by Gasteiger charge is -2.22. The Balaban J connectivity index is 0.00000261. The molecule has 6 nitrogen and oxygen atoms in total. The topological polar surface area (TPSA) is 75.7 Å². The van der Waals surface area contributed by atoms with Crippen LogP contribution in [0, 0.1) is 13.8 Å². The average molecular weight is 391 g/mol. The molecule has 0 aliphatic heterocycles. The van der Waals surface area contributed by atoms with E-state index in [1.165, 1.54) is 6.07 Å². The molecule has 3 aromatic rings. The minimum Gasteiger partial charge on any atom is -0.465 e. The van der Waals surface area contributed by atoms with Crippen LogP contribution >= 0.6 is 12.4 Å². The molecule has 0 aliphatic carbocycles. The number of amides is 1. The molecule has 0 aliphatic rings. The van der Waals surface area contributed by atoms with Crippen LogP contribution in [-0.4, -0.2) is 31.4 Å². The largest absolute Gasteiger partial charge is 0.465 e. The predicted octanol–water partition coefficient (Wildman–Crippen LogP) is 3.46. The molecule has 2 aromatic heterocycles. The van der Waals surface area contributed by atoms with Crippen molar-refractivity contribution in [1.29, 1.82) is 0 Å². The fourth-order valence-corrected chi connectivity index (χ4v) is 2.82. The molecule has 1 amide bonds. The van der Waals surface area contributed by atoms with Crippen molar-refractivity contribution in [3.05, 3.63) is 69.5 Å². The molecule has 0 saturated heterocycles. The fourth-order valence-electron chi connectivity index (χ4n) is 2.82. The zero-order chi connectivity index (χ0) is 18.8. The van der Waals surface area contributed by atoms with Crippen LogP contribution in [0.4, 0.5) is 0 Å². The lowest BCUT2D eigenvalue weighted by Crippen LogP contribution is -2.34. The first-order valence-corrected chi connectivity index (χ1v) is 8.40. The van der Waals surface area contributed by atoms with Gasteiger partial charge in [-0.25, -0.2) is 0 Å². The Morgan fingerprint density at radius 3 is 2.48 bits per heavy atom. The van der Waals surface area contributed by atoms with E-state index in [1.807, 2.05) is 51.0 Å². The Morgan fingerprint density at radius 1 is 1.11 bits per heavy atom. The van der Waals surface area contributed by atoms with Crippen LogP contribution in [0.1, 0.15) is 33.7 Å². The number of aryl methyl sites for hydroxylation is 2. The summed E-state index contributed by atoms with van der Waals surface area (Å²) < 4.78 is 11.3. The minimum atomic E-state index is -0.430. The van der Waals surface area contributed by atoms with Gasteiger partial charge in [-0.3, -0.25) is 14.5 Å². The molecule has 144 valence electrons. The first-order valence-electron chi connectivity index (χ1n) is 8.40. The van der Waals surface area contributed by atoms with Gasteiger partial charge in [0.05, 0.1) is 11.4 Å². The van der Waals surface area contributed by atoms with E-state index in [-0.39, 0.29) is 29.6 Å². The summed E-state index contributed by atoms with van der Waals surface area (Å²) in [7, 11) is 3.82. The summed E-state index contributed by atoms with van der Waals surface area (Å²) in [6.07, 6.45) is 0. The number of likely N-dealkylation sites (N-methyl/N-ethyl adjacent to an activating group) is 1. The number of hydrogen-bond donors (Lipinski definition) is 1. The van der Waals surface area contributed by atoms with Crippen molar-refractivity contribution in [1.82, 2.24) is 10.2 Å². The van der Waals surface area contributed by atoms with Gasteiger partial charge in [0.15, 0.2) is 11.2 Å². The summed E-state index contributed by atoms with van der Waals surface area (Å²) >= 11 is 0. The van der Waals surface area contributed by atoms with Gasteiger partial charge < -0.3 is 14.2 Å². The van der Waals surface area contributed by atoms with E-state index in [2.05, 4.69) is 5.32 Å². The third-order valence-corrected chi connectivity index (χ3v) is 4.28. The highest BCUT2D eigenvalue weighted by atomic mass is 35.5. The van der Waals surface area contributed by atoms with Crippen LogP contribution < -0.4 is 10.7 Å². The van der Waals surface area contributed by atoms with E-state index >= 15 is 0 Å². The minimum absolute atomic E-state index is 0. The number of fused-ring (bicyclic) bond motifs is 1. The molecule has 1 N–H and O–H groups in total. The van der Waals surface area contributed by atoms with Gasteiger partial charge in [0, 0.05) is 12.6 Å². The maximum atomic E-state index is 12.5. The van der Waals surface area contributed by atoms with Gasteiger partial charge in [0.1, 0.15) is 17.1 Å². The Labute approximate surface area is 163 Å². The third kappa shape index (κ3) is 4.59. The first kappa shape index (κ1) is 20.7. The van der Waals surface area contributed by atoms with Crippen LogP contribution in [-0.2, 0) is 0 Å². The molecule has 0 bridgehead atoms. The SMILES string of the molecule is Cc1ccc2c(=O)cc(C(=O)NCC(c3ccc(C)o3)N(C)C)oc2c1.Cl. The van der Waals surface area contributed by atoms with Crippen molar-refractivity contribution >= 4 is 29.3 Å². The van der Waals surface area contributed by atoms with E-state index in [1.54, 1.807) is 12.1 Å². The van der Waals surface area contributed by atoms with Gasteiger partial charge in [0.2, 0.25) is 0 Å². The summed E-state index contributed by atoms with van der Waals surface area (Å²) in [6.45, 7) is 4.11. The van der Waals surface area contributed by atoms with Crippen molar-refractivity contribution in [2.24, 2.45) is 0 Å². The second kappa shape index (κ2) is 8.41. The van der Waals surface area contributed by atoms with Crippen molar-refractivity contribution < 1.29 is 13.6 Å². The molecule has 0 fully saturated rings. The molecule has 2 heterocycles. The monoisotopic (exact) mass is 390 g/mol. The van der Waals surface area contributed by atoms with E-state index in [9.17, 15) is 9.59 Å². The van der Waals surface area contributed by atoms with Gasteiger partial charge in [-0.2, -0.15) is 0 Å². The van der Waals surface area contributed by atoms with Crippen molar-refractivity contribution in [2.45, 2.75) is 19.9 Å². The summed E-state index contributed by atoms with van der Waals surface area (Å²) in [5.74, 6) is 1.15. The zero-order valence-corrected chi connectivity index (χ0v) is 16.6. The second-order valence-electron chi connectivity index (χ2n) is 6.61. The number of halogens is 1. The number of furan rings is 1. The maximum absolute atomic E-state index is 12.5. The van der Waals surface area contributed by atoms with E-state index < -0.39 is 5.91 Å². The smallest absolute Gasteiger partial charge is 0.287 e. The maximum Gasteiger partial charge on any atom is 0.287 e. The lowest BCUT2D eigenvalue weighted by atomic mass is 10.1.